The van der Waals surface area contributed by atoms with Gasteiger partial charge in [-0.1, -0.05) is 0 Å². The molecule has 0 amide bonds. The maximum atomic E-state index is 5.62. The molecule has 0 unspecified atom stereocenters. The Labute approximate surface area is 93.5 Å². The molecule has 0 saturated carbocycles. The van der Waals surface area contributed by atoms with Crippen LogP contribution in [0.2, 0.25) is 0 Å². The van der Waals surface area contributed by atoms with Gasteiger partial charge in [-0.25, -0.2) is 9.97 Å². The highest BCUT2D eigenvalue weighted by Crippen LogP contribution is 2.18. The van der Waals surface area contributed by atoms with Crippen LogP contribution in [0.4, 0.5) is 0 Å². The first-order valence-corrected chi connectivity index (χ1v) is 5.55. The first-order valence-electron chi connectivity index (χ1n) is 5.55. The minimum absolute atomic E-state index is 0.330. The van der Waals surface area contributed by atoms with Crippen molar-refractivity contribution in [3.05, 3.63) is 24.9 Å². The fourth-order valence-corrected chi connectivity index (χ4v) is 2.09. The van der Waals surface area contributed by atoms with Gasteiger partial charge in [0.25, 0.3) is 0 Å². The SMILES string of the molecule is c1cn(C[C@@H]2CCCO2)c(-c2cnc[nH]2)n1. The number of aromatic nitrogens is 4. The van der Waals surface area contributed by atoms with Crippen molar-refractivity contribution in [2.75, 3.05) is 6.61 Å². The standard InChI is InChI=1S/C11H14N4O/c1-2-9(16-5-1)7-15-4-3-13-11(15)10-6-12-8-14-10/h3-4,6,8-9H,1-2,5,7H2,(H,12,14)/t9-/m0/s1. The van der Waals surface area contributed by atoms with Crippen LogP contribution in [0.25, 0.3) is 11.5 Å². The number of aromatic amines is 1. The lowest BCUT2D eigenvalue weighted by Crippen LogP contribution is -2.15. The summed E-state index contributed by atoms with van der Waals surface area (Å²) in [6.45, 7) is 1.76. The zero-order valence-corrected chi connectivity index (χ0v) is 8.97. The summed E-state index contributed by atoms with van der Waals surface area (Å²) in [6.07, 6.45) is 9.88. The van der Waals surface area contributed by atoms with E-state index in [-0.39, 0.29) is 0 Å². The molecule has 0 aromatic carbocycles. The minimum atomic E-state index is 0.330. The van der Waals surface area contributed by atoms with E-state index in [4.69, 9.17) is 4.74 Å². The number of ether oxygens (including phenoxy) is 1. The molecule has 3 rings (SSSR count). The molecule has 2 aromatic heterocycles. The molecule has 1 aliphatic rings. The molecule has 1 fully saturated rings. The quantitative estimate of drug-likeness (QED) is 0.848. The van der Waals surface area contributed by atoms with Crippen molar-refractivity contribution < 1.29 is 4.74 Å². The smallest absolute Gasteiger partial charge is 0.158 e. The van der Waals surface area contributed by atoms with Crippen molar-refractivity contribution >= 4 is 0 Å². The number of rotatable bonds is 3. The van der Waals surface area contributed by atoms with Gasteiger partial charge in [-0.15, -0.1) is 0 Å². The van der Waals surface area contributed by atoms with Gasteiger partial charge in [0.05, 0.1) is 25.2 Å². The third-order valence-electron chi connectivity index (χ3n) is 2.88. The van der Waals surface area contributed by atoms with E-state index in [0.29, 0.717) is 6.10 Å². The molecule has 1 N–H and O–H groups in total. The Balaban J connectivity index is 1.82. The second-order valence-corrected chi connectivity index (χ2v) is 4.00. The topological polar surface area (TPSA) is 55.7 Å². The van der Waals surface area contributed by atoms with E-state index in [1.807, 2.05) is 12.4 Å². The molecule has 84 valence electrons. The largest absolute Gasteiger partial charge is 0.376 e. The number of H-pyrrole nitrogens is 1. The Bertz CT molecular complexity index is 442. The normalized spacial score (nSPS) is 20.4. The zero-order chi connectivity index (χ0) is 10.8. The average molecular weight is 218 g/mol. The van der Waals surface area contributed by atoms with Crippen LogP contribution in [-0.4, -0.2) is 32.2 Å². The summed E-state index contributed by atoms with van der Waals surface area (Å²) in [5.74, 6) is 0.924. The van der Waals surface area contributed by atoms with Crippen molar-refractivity contribution in [1.82, 2.24) is 19.5 Å². The van der Waals surface area contributed by atoms with Gasteiger partial charge in [0.2, 0.25) is 0 Å². The maximum Gasteiger partial charge on any atom is 0.158 e. The van der Waals surface area contributed by atoms with E-state index < -0.39 is 0 Å². The lowest BCUT2D eigenvalue weighted by atomic mass is 10.2. The van der Waals surface area contributed by atoms with Gasteiger partial charge in [-0.3, -0.25) is 0 Å². The van der Waals surface area contributed by atoms with Gasteiger partial charge < -0.3 is 14.3 Å². The van der Waals surface area contributed by atoms with Gasteiger partial charge >= 0.3 is 0 Å². The Kier molecular flexibility index (Phi) is 2.46. The molecular formula is C11H14N4O. The molecule has 1 saturated heterocycles. The Hall–Kier alpha value is -1.62. The van der Waals surface area contributed by atoms with E-state index in [2.05, 4.69) is 19.5 Å². The zero-order valence-electron chi connectivity index (χ0n) is 8.97. The van der Waals surface area contributed by atoms with Crippen LogP contribution in [0.3, 0.4) is 0 Å². The van der Waals surface area contributed by atoms with Crippen LogP contribution in [0.1, 0.15) is 12.8 Å². The molecule has 1 atom stereocenters. The van der Waals surface area contributed by atoms with Crippen LogP contribution in [0.5, 0.6) is 0 Å². The fraction of sp³-hybridized carbons (Fsp3) is 0.455. The van der Waals surface area contributed by atoms with Crippen molar-refractivity contribution in [1.29, 1.82) is 0 Å². The van der Waals surface area contributed by atoms with Gasteiger partial charge in [0, 0.05) is 19.0 Å². The highest BCUT2D eigenvalue weighted by atomic mass is 16.5. The molecule has 0 bridgehead atoms. The number of imidazole rings is 2. The monoisotopic (exact) mass is 218 g/mol. The van der Waals surface area contributed by atoms with Crippen molar-refractivity contribution in [2.45, 2.75) is 25.5 Å². The number of nitrogens with one attached hydrogen (secondary N) is 1. The Morgan fingerprint density at radius 3 is 3.31 bits per heavy atom. The molecule has 5 nitrogen and oxygen atoms in total. The fourth-order valence-electron chi connectivity index (χ4n) is 2.09. The summed E-state index contributed by atoms with van der Waals surface area (Å²) in [4.78, 5) is 11.4. The highest BCUT2D eigenvalue weighted by molar-refractivity contribution is 5.47. The lowest BCUT2D eigenvalue weighted by molar-refractivity contribution is 0.0973. The van der Waals surface area contributed by atoms with E-state index in [9.17, 15) is 0 Å². The third-order valence-corrected chi connectivity index (χ3v) is 2.88. The summed E-state index contributed by atoms with van der Waals surface area (Å²) in [6, 6.07) is 0. The summed E-state index contributed by atoms with van der Waals surface area (Å²) in [5.41, 5.74) is 0.947. The van der Waals surface area contributed by atoms with E-state index >= 15 is 0 Å². The first-order chi connectivity index (χ1) is 7.93. The third kappa shape index (κ3) is 1.74. The number of hydrogen-bond donors (Lipinski definition) is 1. The predicted molar refractivity (Wildman–Crippen MR) is 58.8 cm³/mol. The van der Waals surface area contributed by atoms with E-state index in [0.717, 1.165) is 31.1 Å². The second kappa shape index (κ2) is 4.09. The summed E-state index contributed by atoms with van der Waals surface area (Å²) in [7, 11) is 0. The maximum absolute atomic E-state index is 5.62. The van der Waals surface area contributed by atoms with Crippen LogP contribution in [0.15, 0.2) is 24.9 Å². The average Bonchev–Trinajstić information content (AvgIpc) is 2.98. The Morgan fingerprint density at radius 2 is 2.56 bits per heavy atom. The van der Waals surface area contributed by atoms with Gasteiger partial charge in [-0.05, 0) is 12.8 Å². The molecular weight excluding hydrogens is 204 g/mol. The summed E-state index contributed by atoms with van der Waals surface area (Å²) < 4.78 is 7.74. The molecule has 0 aliphatic carbocycles. The minimum Gasteiger partial charge on any atom is -0.376 e. The molecule has 2 aromatic rings. The molecule has 1 aliphatic heterocycles. The molecule has 0 radical (unpaired) electrons. The van der Waals surface area contributed by atoms with Gasteiger partial charge in [0.1, 0.15) is 5.69 Å². The van der Waals surface area contributed by atoms with Crippen LogP contribution in [-0.2, 0) is 11.3 Å². The van der Waals surface area contributed by atoms with Crippen LogP contribution in [0, 0.1) is 0 Å². The number of hydrogen-bond acceptors (Lipinski definition) is 3. The molecule has 5 heteroatoms. The second-order valence-electron chi connectivity index (χ2n) is 4.00. The molecule has 3 heterocycles. The van der Waals surface area contributed by atoms with Crippen molar-refractivity contribution in [3.63, 3.8) is 0 Å². The Morgan fingerprint density at radius 1 is 1.56 bits per heavy atom. The van der Waals surface area contributed by atoms with E-state index in [1.54, 1.807) is 12.5 Å². The van der Waals surface area contributed by atoms with Crippen LogP contribution >= 0.6 is 0 Å². The van der Waals surface area contributed by atoms with Crippen molar-refractivity contribution in [3.8, 4) is 11.5 Å². The summed E-state index contributed by atoms with van der Waals surface area (Å²) in [5, 5.41) is 0. The number of nitrogens with zero attached hydrogens (tertiary/aromatic N) is 3. The van der Waals surface area contributed by atoms with Crippen LogP contribution < -0.4 is 0 Å². The predicted octanol–water partition coefficient (Wildman–Crippen LogP) is 1.45. The lowest BCUT2D eigenvalue weighted by Gasteiger charge is -2.11. The summed E-state index contributed by atoms with van der Waals surface area (Å²) >= 11 is 0. The first kappa shape index (κ1) is 9.59. The highest BCUT2D eigenvalue weighted by Gasteiger charge is 2.17. The molecule has 0 spiro atoms. The van der Waals surface area contributed by atoms with Gasteiger partial charge in [0.15, 0.2) is 5.82 Å². The van der Waals surface area contributed by atoms with Crippen molar-refractivity contribution in [2.24, 2.45) is 0 Å². The van der Waals surface area contributed by atoms with E-state index in [1.165, 1.54) is 6.42 Å². The van der Waals surface area contributed by atoms with Gasteiger partial charge in [-0.2, -0.15) is 0 Å². The molecule has 16 heavy (non-hydrogen) atoms.